The average molecular weight is 477 g/mol. The van der Waals surface area contributed by atoms with E-state index in [2.05, 4.69) is 19.0 Å². The number of piperidine rings is 1. The monoisotopic (exact) mass is 476 g/mol. The maximum Gasteiger partial charge on any atom is 0.263 e. The Kier molecular flexibility index (Phi) is 7.33. The normalized spacial score (nSPS) is 18.6. The summed E-state index contributed by atoms with van der Waals surface area (Å²) in [5.41, 5.74) is 1.09. The number of halogens is 1. The molecule has 2 aliphatic heterocycles. The number of rotatable bonds is 4. The molecule has 0 radical (unpaired) electrons. The first-order chi connectivity index (χ1) is 15.5. The Morgan fingerprint density at radius 2 is 1.88 bits per heavy atom. The van der Waals surface area contributed by atoms with Gasteiger partial charge in [-0.15, -0.1) is 0 Å². The molecule has 0 bridgehead atoms. The number of anilines is 1. The van der Waals surface area contributed by atoms with Gasteiger partial charge in [-0.25, -0.2) is 17.8 Å². The van der Waals surface area contributed by atoms with Crippen molar-refractivity contribution < 1.29 is 17.5 Å². The van der Waals surface area contributed by atoms with Gasteiger partial charge in [-0.3, -0.25) is 9.62 Å². The number of benzene rings is 2. The van der Waals surface area contributed by atoms with Crippen LogP contribution in [0.2, 0.25) is 0 Å². The lowest BCUT2D eigenvalue weighted by atomic mass is 9.97. The van der Waals surface area contributed by atoms with Crippen LogP contribution in [-0.4, -0.2) is 42.4 Å². The quantitative estimate of drug-likeness (QED) is 0.598. The number of sulfonamides is 1. The first-order valence-corrected chi connectivity index (χ1v) is 12.8. The molecule has 1 atom stereocenters. The number of aromatic nitrogens is 2. The zero-order chi connectivity index (χ0) is 22.4. The minimum Gasteiger partial charge on any atom is -0.493 e. The van der Waals surface area contributed by atoms with E-state index in [1.54, 1.807) is 30.3 Å². The van der Waals surface area contributed by atoms with E-state index in [-0.39, 0.29) is 15.8 Å². The van der Waals surface area contributed by atoms with Crippen molar-refractivity contribution in [1.82, 2.24) is 14.3 Å². The summed E-state index contributed by atoms with van der Waals surface area (Å²) in [5, 5.41) is 0.254. The van der Waals surface area contributed by atoms with E-state index < -0.39 is 10.0 Å². The smallest absolute Gasteiger partial charge is 0.263 e. The highest BCUT2D eigenvalue weighted by Crippen LogP contribution is 2.38. The Bertz CT molecular complexity index is 1110. The van der Waals surface area contributed by atoms with Crippen LogP contribution in [0, 0.1) is 5.82 Å². The second-order valence-corrected chi connectivity index (χ2v) is 10.1. The molecule has 0 aliphatic carbocycles. The van der Waals surface area contributed by atoms with Crippen molar-refractivity contribution in [1.29, 1.82) is 0 Å². The number of fused-ring (bicyclic) bond motifs is 1. The standard InChI is InChI=1S/C16H20N4O3S2.C6H5F/c21-25(22,19-16-17-11-18-24-16)12-4-5-13-14(6-9-23-15(13)10-12)20-7-2-1-3-8-20;7-6-4-2-1-3-5-6/h4-5,10-11,14H,1-3,6-9H2,(H,17,18,19);1-5H/t14-;/m1./s1. The fraction of sp³-hybridized carbons (Fsp3) is 0.364. The highest BCUT2D eigenvalue weighted by atomic mass is 32.2. The fourth-order valence-electron chi connectivity index (χ4n) is 3.93. The third-order valence-electron chi connectivity index (χ3n) is 5.45. The zero-order valence-corrected chi connectivity index (χ0v) is 19.1. The Balaban J connectivity index is 0.000000300. The number of nitrogens with one attached hydrogen (secondary N) is 1. The third-order valence-corrected chi connectivity index (χ3v) is 7.50. The molecule has 170 valence electrons. The van der Waals surface area contributed by atoms with Gasteiger partial charge in [0.15, 0.2) is 0 Å². The summed E-state index contributed by atoms with van der Waals surface area (Å²) in [6.07, 6.45) is 6.01. The van der Waals surface area contributed by atoms with Gasteiger partial charge in [0.2, 0.25) is 5.13 Å². The maximum atomic E-state index is 12.5. The topological polar surface area (TPSA) is 84.4 Å². The molecule has 0 unspecified atom stereocenters. The average Bonchev–Trinajstić information content (AvgIpc) is 3.32. The van der Waals surface area contributed by atoms with Crippen LogP contribution >= 0.6 is 11.5 Å². The van der Waals surface area contributed by atoms with Gasteiger partial charge in [0.1, 0.15) is 17.9 Å². The minimum atomic E-state index is -3.69. The molecule has 7 nitrogen and oxygen atoms in total. The lowest BCUT2D eigenvalue weighted by molar-refractivity contribution is 0.119. The second-order valence-electron chi connectivity index (χ2n) is 7.60. The Hall–Kier alpha value is -2.56. The molecular formula is C22H25FN4O3S2. The van der Waals surface area contributed by atoms with Crippen molar-refractivity contribution >= 4 is 26.7 Å². The van der Waals surface area contributed by atoms with Crippen molar-refractivity contribution in [2.24, 2.45) is 0 Å². The zero-order valence-electron chi connectivity index (χ0n) is 17.5. The van der Waals surface area contributed by atoms with Crippen molar-refractivity contribution in [3.63, 3.8) is 0 Å². The van der Waals surface area contributed by atoms with Crippen molar-refractivity contribution in [2.45, 2.75) is 36.6 Å². The molecule has 5 rings (SSSR count). The van der Waals surface area contributed by atoms with E-state index in [4.69, 9.17) is 4.74 Å². The van der Waals surface area contributed by atoms with Gasteiger partial charge in [-0.2, -0.15) is 4.37 Å². The summed E-state index contributed by atoms with van der Waals surface area (Å²) in [4.78, 5) is 6.55. The first kappa shape index (κ1) is 22.6. The molecule has 1 aromatic heterocycles. The molecular weight excluding hydrogens is 451 g/mol. The summed E-state index contributed by atoms with van der Waals surface area (Å²) in [7, 11) is -3.69. The van der Waals surface area contributed by atoms with Crippen LogP contribution in [0.5, 0.6) is 5.75 Å². The highest BCUT2D eigenvalue weighted by Gasteiger charge is 2.29. The van der Waals surface area contributed by atoms with E-state index in [1.807, 2.05) is 6.07 Å². The molecule has 3 heterocycles. The molecule has 3 aromatic rings. The van der Waals surface area contributed by atoms with Crippen LogP contribution in [0.4, 0.5) is 9.52 Å². The second kappa shape index (κ2) is 10.4. The van der Waals surface area contributed by atoms with Crippen LogP contribution < -0.4 is 9.46 Å². The lowest BCUT2D eigenvalue weighted by Gasteiger charge is -2.38. The summed E-state index contributed by atoms with van der Waals surface area (Å²) in [6.45, 7) is 2.81. The number of likely N-dealkylation sites (tertiary alicyclic amines) is 1. The summed E-state index contributed by atoms with van der Waals surface area (Å²) < 4.78 is 49.0. The van der Waals surface area contributed by atoms with E-state index in [1.165, 1.54) is 37.7 Å². The van der Waals surface area contributed by atoms with Gasteiger partial charge < -0.3 is 4.74 Å². The summed E-state index contributed by atoms with van der Waals surface area (Å²) in [6, 6.07) is 13.4. The Morgan fingerprint density at radius 1 is 1.09 bits per heavy atom. The minimum absolute atomic E-state index is 0.178. The molecule has 2 aliphatic rings. The summed E-state index contributed by atoms with van der Waals surface area (Å²) in [5.74, 6) is 0.490. The van der Waals surface area contributed by atoms with Crippen molar-refractivity contribution in [3.8, 4) is 5.75 Å². The molecule has 0 saturated carbocycles. The largest absolute Gasteiger partial charge is 0.493 e. The van der Waals surface area contributed by atoms with Gasteiger partial charge >= 0.3 is 0 Å². The van der Waals surface area contributed by atoms with Crippen molar-refractivity contribution in [2.75, 3.05) is 24.4 Å². The van der Waals surface area contributed by atoms with E-state index in [0.29, 0.717) is 18.4 Å². The van der Waals surface area contributed by atoms with E-state index in [0.717, 1.165) is 36.6 Å². The molecule has 0 amide bonds. The fourth-order valence-corrected chi connectivity index (χ4v) is 5.61. The molecule has 2 aromatic carbocycles. The molecule has 1 saturated heterocycles. The van der Waals surface area contributed by atoms with Gasteiger partial charge in [0.05, 0.1) is 11.5 Å². The number of nitrogens with zero attached hydrogens (tertiary/aromatic N) is 3. The van der Waals surface area contributed by atoms with E-state index >= 15 is 0 Å². The molecule has 1 fully saturated rings. The molecule has 32 heavy (non-hydrogen) atoms. The molecule has 10 heteroatoms. The third kappa shape index (κ3) is 5.62. The number of hydrogen-bond donors (Lipinski definition) is 1. The number of hydrogen-bond acceptors (Lipinski definition) is 7. The van der Waals surface area contributed by atoms with Crippen molar-refractivity contribution in [3.05, 3.63) is 66.2 Å². The number of ether oxygens (including phenoxy) is 1. The van der Waals surface area contributed by atoms with Gasteiger partial charge in [0.25, 0.3) is 10.0 Å². The predicted molar refractivity (Wildman–Crippen MR) is 122 cm³/mol. The first-order valence-electron chi connectivity index (χ1n) is 10.5. The predicted octanol–water partition coefficient (Wildman–Crippen LogP) is 4.47. The Morgan fingerprint density at radius 3 is 2.53 bits per heavy atom. The highest BCUT2D eigenvalue weighted by molar-refractivity contribution is 7.93. The SMILES string of the molecule is Fc1ccccc1.O=S(=O)(Nc1ncns1)c1ccc2c(c1)OCC[C@H]2N1CCCCC1. The van der Waals surface area contributed by atoms with Crippen LogP contribution in [-0.2, 0) is 10.0 Å². The molecule has 0 spiro atoms. The van der Waals surface area contributed by atoms with E-state index in [9.17, 15) is 12.8 Å². The van der Waals surface area contributed by atoms with Crippen LogP contribution in [0.3, 0.4) is 0 Å². The summed E-state index contributed by atoms with van der Waals surface area (Å²) >= 11 is 1.00. The Labute approximate surface area is 191 Å². The van der Waals surface area contributed by atoms with Crippen LogP contribution in [0.15, 0.2) is 59.8 Å². The van der Waals surface area contributed by atoms with Gasteiger partial charge in [-0.1, -0.05) is 30.7 Å². The maximum absolute atomic E-state index is 12.5. The van der Waals surface area contributed by atoms with Gasteiger partial charge in [-0.05, 0) is 44.1 Å². The van der Waals surface area contributed by atoms with Gasteiger partial charge in [0, 0.05) is 35.6 Å². The van der Waals surface area contributed by atoms with Crippen LogP contribution in [0.1, 0.15) is 37.3 Å². The lowest BCUT2D eigenvalue weighted by Crippen LogP contribution is -2.36. The molecule has 1 N–H and O–H groups in total. The van der Waals surface area contributed by atoms with Crippen LogP contribution in [0.25, 0.3) is 0 Å².